The standard InChI is InChI=1S/C13H24N2O/c1-11-5-8-15(9-6-11)13(16)12-4-3-7-14(2)10-12/h11-12H,3-10H2,1-2H3/t12-/m0/s1. The monoisotopic (exact) mass is 224 g/mol. The number of nitrogens with zero attached hydrogens (tertiary/aromatic N) is 2. The van der Waals surface area contributed by atoms with Crippen molar-refractivity contribution in [2.24, 2.45) is 11.8 Å². The van der Waals surface area contributed by atoms with Gasteiger partial charge >= 0.3 is 0 Å². The molecule has 2 aliphatic heterocycles. The first-order valence-corrected chi connectivity index (χ1v) is 6.64. The second-order valence-corrected chi connectivity index (χ2v) is 5.61. The van der Waals surface area contributed by atoms with E-state index in [9.17, 15) is 4.79 Å². The van der Waals surface area contributed by atoms with Crippen LogP contribution < -0.4 is 0 Å². The highest BCUT2D eigenvalue weighted by atomic mass is 16.2. The van der Waals surface area contributed by atoms with Gasteiger partial charge in [0.05, 0.1) is 5.92 Å². The zero-order valence-corrected chi connectivity index (χ0v) is 10.6. The number of likely N-dealkylation sites (tertiary alicyclic amines) is 2. The van der Waals surface area contributed by atoms with Crippen molar-refractivity contribution in [1.29, 1.82) is 0 Å². The van der Waals surface area contributed by atoms with Crippen molar-refractivity contribution in [3.8, 4) is 0 Å². The Kier molecular flexibility index (Phi) is 3.85. The van der Waals surface area contributed by atoms with Gasteiger partial charge < -0.3 is 9.80 Å². The predicted molar refractivity (Wildman–Crippen MR) is 65.2 cm³/mol. The molecule has 0 aromatic heterocycles. The molecule has 3 nitrogen and oxygen atoms in total. The summed E-state index contributed by atoms with van der Waals surface area (Å²) in [5, 5.41) is 0. The van der Waals surface area contributed by atoms with Crippen LogP contribution in [-0.2, 0) is 4.79 Å². The maximum Gasteiger partial charge on any atom is 0.226 e. The Morgan fingerprint density at radius 3 is 2.44 bits per heavy atom. The maximum absolute atomic E-state index is 12.3. The normalized spacial score (nSPS) is 29.4. The van der Waals surface area contributed by atoms with E-state index in [-0.39, 0.29) is 5.92 Å². The first-order valence-electron chi connectivity index (χ1n) is 6.64. The fourth-order valence-electron chi connectivity index (χ4n) is 2.86. The summed E-state index contributed by atoms with van der Waals surface area (Å²) in [7, 11) is 2.12. The highest BCUT2D eigenvalue weighted by Gasteiger charge is 2.29. The highest BCUT2D eigenvalue weighted by molar-refractivity contribution is 5.79. The van der Waals surface area contributed by atoms with E-state index in [4.69, 9.17) is 0 Å². The predicted octanol–water partition coefficient (Wildman–Crippen LogP) is 1.59. The number of carbonyl (C=O) groups is 1. The second kappa shape index (κ2) is 5.17. The van der Waals surface area contributed by atoms with Gasteiger partial charge in [-0.15, -0.1) is 0 Å². The fourth-order valence-corrected chi connectivity index (χ4v) is 2.86. The lowest BCUT2D eigenvalue weighted by atomic mass is 9.94. The van der Waals surface area contributed by atoms with E-state index in [1.54, 1.807) is 0 Å². The van der Waals surface area contributed by atoms with Crippen molar-refractivity contribution in [3.05, 3.63) is 0 Å². The largest absolute Gasteiger partial charge is 0.342 e. The Labute approximate surface area is 98.8 Å². The summed E-state index contributed by atoms with van der Waals surface area (Å²) < 4.78 is 0. The fraction of sp³-hybridized carbons (Fsp3) is 0.923. The molecule has 0 aliphatic carbocycles. The van der Waals surface area contributed by atoms with Crippen LogP contribution in [0.4, 0.5) is 0 Å². The summed E-state index contributed by atoms with van der Waals surface area (Å²) in [5.74, 6) is 1.49. The third kappa shape index (κ3) is 2.76. The Hall–Kier alpha value is -0.570. The molecule has 0 aromatic carbocycles. The summed E-state index contributed by atoms with van der Waals surface area (Å²) in [4.78, 5) is 16.7. The zero-order chi connectivity index (χ0) is 11.5. The molecule has 1 atom stereocenters. The van der Waals surface area contributed by atoms with Crippen molar-refractivity contribution in [2.45, 2.75) is 32.6 Å². The second-order valence-electron chi connectivity index (χ2n) is 5.61. The minimum atomic E-state index is 0.271. The van der Waals surface area contributed by atoms with Gasteiger partial charge in [-0.25, -0.2) is 0 Å². The van der Waals surface area contributed by atoms with Gasteiger partial charge in [-0.2, -0.15) is 0 Å². The highest BCUT2D eigenvalue weighted by Crippen LogP contribution is 2.22. The number of hydrogen-bond donors (Lipinski definition) is 0. The molecule has 2 heterocycles. The van der Waals surface area contributed by atoms with Crippen LogP contribution in [0.5, 0.6) is 0 Å². The van der Waals surface area contributed by atoms with Crippen LogP contribution in [0.2, 0.25) is 0 Å². The maximum atomic E-state index is 12.3. The number of carbonyl (C=O) groups excluding carboxylic acids is 1. The van der Waals surface area contributed by atoms with Gasteiger partial charge in [0.1, 0.15) is 0 Å². The lowest BCUT2D eigenvalue weighted by molar-refractivity contribution is -0.138. The Morgan fingerprint density at radius 2 is 1.81 bits per heavy atom. The van der Waals surface area contributed by atoms with Crippen LogP contribution in [-0.4, -0.2) is 48.9 Å². The Balaban J connectivity index is 1.86. The van der Waals surface area contributed by atoms with Gasteiger partial charge in [-0.1, -0.05) is 6.92 Å². The van der Waals surface area contributed by atoms with Crippen molar-refractivity contribution >= 4 is 5.91 Å². The van der Waals surface area contributed by atoms with Gasteiger partial charge in [0.2, 0.25) is 5.91 Å². The summed E-state index contributed by atoms with van der Waals surface area (Å²) >= 11 is 0. The van der Waals surface area contributed by atoms with Crippen molar-refractivity contribution in [2.75, 3.05) is 33.2 Å². The van der Waals surface area contributed by atoms with E-state index in [2.05, 4.69) is 23.8 Å². The molecule has 0 unspecified atom stereocenters. The van der Waals surface area contributed by atoms with E-state index >= 15 is 0 Å². The SMILES string of the molecule is CC1CCN(C(=O)[C@H]2CCCN(C)C2)CC1. The molecular weight excluding hydrogens is 200 g/mol. The van der Waals surface area contributed by atoms with Gasteiger partial charge in [-0.3, -0.25) is 4.79 Å². The summed E-state index contributed by atoms with van der Waals surface area (Å²) in [6, 6.07) is 0. The van der Waals surface area contributed by atoms with Crippen molar-refractivity contribution in [1.82, 2.24) is 9.80 Å². The number of hydrogen-bond acceptors (Lipinski definition) is 2. The Bertz CT molecular complexity index is 246. The average molecular weight is 224 g/mol. The minimum absolute atomic E-state index is 0.271. The lowest BCUT2D eigenvalue weighted by Gasteiger charge is -2.36. The van der Waals surface area contributed by atoms with Crippen LogP contribution >= 0.6 is 0 Å². The summed E-state index contributed by atoms with van der Waals surface area (Å²) in [5.41, 5.74) is 0. The first-order chi connectivity index (χ1) is 7.66. The van der Waals surface area contributed by atoms with Gasteiger partial charge in [0.25, 0.3) is 0 Å². The van der Waals surface area contributed by atoms with Crippen LogP contribution in [0.25, 0.3) is 0 Å². The van der Waals surface area contributed by atoms with E-state index in [0.717, 1.165) is 38.5 Å². The molecule has 0 spiro atoms. The third-order valence-electron chi connectivity index (χ3n) is 4.07. The molecular formula is C13H24N2O. The van der Waals surface area contributed by atoms with E-state index in [0.29, 0.717) is 5.91 Å². The van der Waals surface area contributed by atoms with Gasteiger partial charge in [-0.05, 0) is 45.2 Å². The summed E-state index contributed by atoms with van der Waals surface area (Å²) in [6.45, 7) is 6.38. The lowest BCUT2D eigenvalue weighted by Crippen LogP contribution is -2.46. The number of rotatable bonds is 1. The van der Waals surface area contributed by atoms with E-state index in [1.807, 2.05) is 0 Å². The smallest absolute Gasteiger partial charge is 0.226 e. The van der Waals surface area contributed by atoms with Gasteiger partial charge in [0, 0.05) is 19.6 Å². The number of amides is 1. The summed E-state index contributed by atoms with van der Waals surface area (Å²) in [6.07, 6.45) is 4.65. The quantitative estimate of drug-likeness (QED) is 0.675. The molecule has 0 bridgehead atoms. The number of piperidine rings is 2. The van der Waals surface area contributed by atoms with Crippen LogP contribution in [0.15, 0.2) is 0 Å². The molecule has 0 saturated carbocycles. The molecule has 16 heavy (non-hydrogen) atoms. The molecule has 0 N–H and O–H groups in total. The molecule has 0 radical (unpaired) electrons. The van der Waals surface area contributed by atoms with Crippen LogP contribution in [0, 0.1) is 11.8 Å². The molecule has 2 aliphatic rings. The van der Waals surface area contributed by atoms with Crippen molar-refractivity contribution in [3.63, 3.8) is 0 Å². The third-order valence-corrected chi connectivity index (χ3v) is 4.07. The topological polar surface area (TPSA) is 23.6 Å². The van der Waals surface area contributed by atoms with Crippen LogP contribution in [0.1, 0.15) is 32.6 Å². The molecule has 0 aromatic rings. The Morgan fingerprint density at radius 1 is 1.12 bits per heavy atom. The molecule has 2 saturated heterocycles. The van der Waals surface area contributed by atoms with Crippen LogP contribution in [0.3, 0.4) is 0 Å². The molecule has 2 rings (SSSR count). The molecule has 2 fully saturated rings. The molecule has 1 amide bonds. The first kappa shape index (κ1) is 11.9. The molecule has 3 heteroatoms. The van der Waals surface area contributed by atoms with E-state index < -0.39 is 0 Å². The minimum Gasteiger partial charge on any atom is -0.342 e. The molecule has 92 valence electrons. The average Bonchev–Trinajstić information content (AvgIpc) is 2.29. The van der Waals surface area contributed by atoms with Crippen molar-refractivity contribution < 1.29 is 4.79 Å². The van der Waals surface area contributed by atoms with Gasteiger partial charge in [0.15, 0.2) is 0 Å². The zero-order valence-electron chi connectivity index (χ0n) is 10.6. The van der Waals surface area contributed by atoms with E-state index in [1.165, 1.54) is 19.3 Å².